The average molecular weight is 528 g/mol. The molecule has 0 radical (unpaired) electrons. The van der Waals surface area contributed by atoms with Gasteiger partial charge >= 0.3 is 0 Å². The quantitative estimate of drug-likeness (QED) is 0.367. The molecule has 3 aromatic heterocycles. The molecule has 1 saturated heterocycles. The molecule has 1 aliphatic heterocycles. The van der Waals surface area contributed by atoms with Gasteiger partial charge in [-0.2, -0.15) is 4.31 Å². The Hall–Kier alpha value is -2.19. The largest absolute Gasteiger partial charge is 0.548 e. The predicted octanol–water partition coefficient (Wildman–Crippen LogP) is 4.45. The van der Waals surface area contributed by atoms with Crippen LogP contribution in [0.2, 0.25) is 0 Å². The second-order valence-corrected chi connectivity index (χ2v) is 12.8. The van der Waals surface area contributed by atoms with Gasteiger partial charge in [-0.1, -0.05) is 27.7 Å². The van der Waals surface area contributed by atoms with E-state index in [9.17, 15) is 18.1 Å². The van der Waals surface area contributed by atoms with Crippen LogP contribution in [0.4, 0.5) is 11.5 Å². The molecule has 10 nitrogen and oxygen atoms in total. The fraction of sp³-hybridized carbons (Fsp3) is 0.524. The third-order valence-electron chi connectivity index (χ3n) is 5.70. The van der Waals surface area contributed by atoms with Crippen molar-refractivity contribution in [3.05, 3.63) is 34.5 Å². The molecule has 2 atom stereocenters. The van der Waals surface area contributed by atoms with E-state index in [1.807, 2.05) is 19.9 Å². The Morgan fingerprint density at radius 1 is 1.32 bits per heavy atom. The summed E-state index contributed by atoms with van der Waals surface area (Å²) in [6, 6.07) is 1.61. The summed E-state index contributed by atoms with van der Waals surface area (Å²) in [6.45, 7) is 9.04. The van der Waals surface area contributed by atoms with Crippen molar-refractivity contribution >= 4 is 44.0 Å². The number of thiophene rings is 1. The molecule has 1 fully saturated rings. The number of rotatable bonds is 8. The van der Waals surface area contributed by atoms with Crippen LogP contribution in [0, 0.1) is 5.92 Å². The van der Waals surface area contributed by atoms with Gasteiger partial charge < -0.3 is 19.4 Å². The van der Waals surface area contributed by atoms with E-state index in [0.29, 0.717) is 24.8 Å². The molecule has 1 aliphatic rings. The van der Waals surface area contributed by atoms with Crippen LogP contribution in [0.1, 0.15) is 63.8 Å². The molecule has 0 aliphatic carbocycles. The highest BCUT2D eigenvalue weighted by atomic mass is 32.2. The molecule has 3 aromatic rings. The second-order valence-electron chi connectivity index (χ2n) is 8.92. The molecular weight excluding hydrogens is 498 g/mol. The lowest BCUT2D eigenvalue weighted by atomic mass is 10.0. The van der Waals surface area contributed by atoms with Crippen LogP contribution < -0.4 is 10.8 Å². The summed E-state index contributed by atoms with van der Waals surface area (Å²) in [7, 11) is -3.77. The SMILES string of the molecule is CC(C)c1coc([C@H](N=c2[nH][s+]([O-])nc2Nc2csc(S(=O)(=O)N3CCCC3)c2O)C(C)C)c1. The number of aromatic hydroxyl groups is 1. The van der Waals surface area contributed by atoms with Crippen LogP contribution in [0.15, 0.2) is 31.3 Å². The summed E-state index contributed by atoms with van der Waals surface area (Å²) in [5.41, 5.74) is 1.47. The number of furan rings is 1. The highest BCUT2D eigenvalue weighted by molar-refractivity contribution is 7.91. The first-order valence-electron chi connectivity index (χ1n) is 11.1. The number of nitrogens with one attached hydrogen (secondary N) is 2. The van der Waals surface area contributed by atoms with E-state index in [2.05, 4.69) is 27.9 Å². The fourth-order valence-electron chi connectivity index (χ4n) is 3.74. The van der Waals surface area contributed by atoms with Gasteiger partial charge in [0.2, 0.25) is 11.3 Å². The fourth-order valence-corrected chi connectivity index (χ4v) is 7.29. The number of aromatic amines is 1. The summed E-state index contributed by atoms with van der Waals surface area (Å²) in [5.74, 6) is 0.828. The van der Waals surface area contributed by atoms with Crippen LogP contribution >= 0.6 is 22.5 Å². The molecule has 0 bridgehead atoms. The van der Waals surface area contributed by atoms with Crippen LogP contribution in [0.5, 0.6) is 5.75 Å². The summed E-state index contributed by atoms with van der Waals surface area (Å²) >= 11 is -0.826. The van der Waals surface area contributed by atoms with E-state index < -0.39 is 21.2 Å². The Morgan fingerprint density at radius 3 is 2.65 bits per heavy atom. The first-order chi connectivity index (χ1) is 16.1. The first kappa shape index (κ1) is 24.9. The number of sulfonamides is 1. The number of hydrogen-bond donors (Lipinski definition) is 3. The minimum Gasteiger partial charge on any atom is -0.548 e. The van der Waals surface area contributed by atoms with Crippen molar-refractivity contribution in [1.82, 2.24) is 13.1 Å². The molecule has 1 unspecified atom stereocenters. The molecule has 0 amide bonds. The zero-order chi connectivity index (χ0) is 24.6. The van der Waals surface area contributed by atoms with Crippen LogP contribution in [0.25, 0.3) is 0 Å². The summed E-state index contributed by atoms with van der Waals surface area (Å²) in [4.78, 5) is 4.71. The molecule has 4 heterocycles. The Morgan fingerprint density at radius 2 is 2.03 bits per heavy atom. The maximum Gasteiger partial charge on any atom is 0.256 e. The minimum absolute atomic E-state index is 0.0718. The second kappa shape index (κ2) is 9.82. The van der Waals surface area contributed by atoms with Crippen molar-refractivity contribution in [2.24, 2.45) is 10.9 Å². The summed E-state index contributed by atoms with van der Waals surface area (Å²) in [5, 5.41) is 15.1. The van der Waals surface area contributed by atoms with Gasteiger partial charge in [-0.3, -0.25) is 0 Å². The molecule has 3 N–H and O–H groups in total. The van der Waals surface area contributed by atoms with Crippen molar-refractivity contribution in [2.75, 3.05) is 18.4 Å². The third-order valence-corrected chi connectivity index (χ3v) is 9.81. The average Bonchev–Trinajstić information content (AvgIpc) is 3.55. The van der Waals surface area contributed by atoms with E-state index in [-0.39, 0.29) is 38.9 Å². The molecule has 0 aromatic carbocycles. The summed E-state index contributed by atoms with van der Waals surface area (Å²) < 4.78 is 51.7. The Labute approximate surface area is 205 Å². The highest BCUT2D eigenvalue weighted by Crippen LogP contribution is 2.41. The monoisotopic (exact) mass is 527 g/mol. The van der Waals surface area contributed by atoms with Gasteiger partial charge in [0.1, 0.15) is 11.8 Å². The Balaban J connectivity index is 1.66. The smallest absolute Gasteiger partial charge is 0.256 e. The van der Waals surface area contributed by atoms with E-state index >= 15 is 0 Å². The van der Waals surface area contributed by atoms with Gasteiger partial charge in [-0.15, -0.1) is 15.7 Å². The van der Waals surface area contributed by atoms with E-state index in [1.54, 1.807) is 6.26 Å². The van der Waals surface area contributed by atoms with Crippen LogP contribution in [-0.4, -0.2) is 44.2 Å². The first-order valence-corrected chi connectivity index (χ1v) is 14.5. The van der Waals surface area contributed by atoms with Crippen molar-refractivity contribution in [2.45, 2.75) is 56.7 Å². The molecule has 4 rings (SSSR count). The van der Waals surface area contributed by atoms with Crippen molar-refractivity contribution < 1.29 is 22.5 Å². The number of hydrogen-bond acceptors (Lipinski definition) is 9. The number of nitrogens with zero attached hydrogens (tertiary/aromatic N) is 3. The van der Waals surface area contributed by atoms with Gasteiger partial charge in [0, 0.05) is 22.8 Å². The maximum atomic E-state index is 12.9. The number of anilines is 2. The molecular formula is C21H29N5O5S3. The van der Waals surface area contributed by atoms with Gasteiger partial charge in [0.05, 0.1) is 12.0 Å². The van der Waals surface area contributed by atoms with E-state index in [0.717, 1.165) is 29.7 Å². The normalized spacial score (nSPS) is 17.3. The predicted molar refractivity (Wildman–Crippen MR) is 130 cm³/mol. The summed E-state index contributed by atoms with van der Waals surface area (Å²) in [6.07, 6.45) is 3.32. The van der Waals surface area contributed by atoms with Gasteiger partial charge in [0.15, 0.2) is 21.1 Å². The van der Waals surface area contributed by atoms with Gasteiger partial charge in [-0.05, 0) is 36.3 Å². The lowest BCUT2D eigenvalue weighted by Crippen LogP contribution is -2.27. The number of H-pyrrole nitrogens is 1. The van der Waals surface area contributed by atoms with E-state index in [4.69, 9.17) is 9.41 Å². The molecule has 186 valence electrons. The van der Waals surface area contributed by atoms with Gasteiger partial charge in [0.25, 0.3) is 10.0 Å². The van der Waals surface area contributed by atoms with E-state index in [1.165, 1.54) is 9.69 Å². The van der Waals surface area contributed by atoms with Crippen LogP contribution in [0.3, 0.4) is 0 Å². The van der Waals surface area contributed by atoms with Crippen LogP contribution in [-0.2, 0) is 10.0 Å². The minimum atomic E-state index is -3.77. The lowest BCUT2D eigenvalue weighted by Gasteiger charge is -2.14. The molecule has 13 heteroatoms. The Bertz CT molecular complexity index is 1310. The zero-order valence-electron chi connectivity index (χ0n) is 19.4. The lowest BCUT2D eigenvalue weighted by molar-refractivity contribution is 0.398. The topological polar surface area (TPSA) is 147 Å². The molecule has 0 spiro atoms. The maximum absolute atomic E-state index is 12.9. The molecule has 0 saturated carbocycles. The van der Waals surface area contributed by atoms with Crippen molar-refractivity contribution in [3.8, 4) is 5.75 Å². The highest BCUT2D eigenvalue weighted by Gasteiger charge is 2.32. The number of aromatic nitrogens is 2. The third kappa shape index (κ3) is 4.93. The van der Waals surface area contributed by atoms with Gasteiger partial charge in [-0.25, -0.2) is 13.4 Å². The Kier molecular flexibility index (Phi) is 7.20. The zero-order valence-corrected chi connectivity index (χ0v) is 21.9. The van der Waals surface area contributed by atoms with Crippen molar-refractivity contribution in [1.29, 1.82) is 0 Å². The standard InChI is InChI=1S/C21H29N5O5S3/c1-12(2)14-9-16(31-10-14)17(13(3)4)23-20-19(24-33(28)25-20)22-15-11-32-21(18(15)27)34(29,30)26-7-5-6-8-26/h9-13,17,27H,5-8H2,1-4H3,(H,22,24)(H,23,25)/t17-,33?/m1/s1. The molecule has 34 heavy (non-hydrogen) atoms. The van der Waals surface area contributed by atoms with Crippen molar-refractivity contribution in [3.63, 3.8) is 0 Å².